The molecule has 0 saturated heterocycles. The van der Waals surface area contributed by atoms with Gasteiger partial charge in [-0.15, -0.1) is 0 Å². The first-order valence-corrected chi connectivity index (χ1v) is 2.68. The van der Waals surface area contributed by atoms with Crippen molar-refractivity contribution in [1.82, 2.24) is 5.32 Å². The molecule has 0 saturated carbocycles. The molecule has 0 rings (SSSR count). The topological polar surface area (TPSA) is 32.3 Å². The quantitative estimate of drug-likeness (QED) is 0.504. The lowest BCUT2D eigenvalue weighted by Crippen LogP contribution is -2.25. The van der Waals surface area contributed by atoms with Gasteiger partial charge in [0.15, 0.2) is 0 Å². The van der Waals surface area contributed by atoms with Crippen molar-refractivity contribution in [2.75, 3.05) is 6.54 Å². The minimum Gasteiger partial charge on any atom is -0.379 e. The Labute approximate surface area is 44.5 Å². The molecule has 0 aliphatic heterocycles. The van der Waals surface area contributed by atoms with Crippen molar-refractivity contribution in [2.24, 2.45) is 0 Å². The molecule has 0 aliphatic rings. The molecule has 1 atom stereocenters. The summed E-state index contributed by atoms with van der Waals surface area (Å²) in [5.41, 5.74) is 0. The second-order valence-electron chi connectivity index (χ2n) is 1.63. The van der Waals surface area contributed by atoms with E-state index in [4.69, 9.17) is 5.11 Å². The van der Waals surface area contributed by atoms with Crippen LogP contribution in [0.5, 0.6) is 0 Å². The zero-order valence-corrected chi connectivity index (χ0v) is 4.94. The van der Waals surface area contributed by atoms with Gasteiger partial charge in [0.05, 0.1) is 0 Å². The summed E-state index contributed by atoms with van der Waals surface area (Å²) in [6.45, 7) is 4.68. The molecule has 0 aromatic rings. The van der Waals surface area contributed by atoms with Gasteiger partial charge in [-0.3, -0.25) is 5.32 Å². The standard InChI is InChI=1S/C5H13NO/c1-3-4-6-5(2)7/h5-7H,3-4H2,1-2H3. The largest absolute Gasteiger partial charge is 0.379 e. The van der Waals surface area contributed by atoms with E-state index < -0.39 is 0 Å². The lowest BCUT2D eigenvalue weighted by molar-refractivity contribution is 0.157. The summed E-state index contributed by atoms with van der Waals surface area (Å²) in [4.78, 5) is 0. The predicted molar refractivity (Wildman–Crippen MR) is 30.0 cm³/mol. The molecular formula is C5H13NO. The van der Waals surface area contributed by atoms with Crippen LogP contribution < -0.4 is 5.32 Å². The van der Waals surface area contributed by atoms with Gasteiger partial charge in [-0.05, 0) is 19.9 Å². The van der Waals surface area contributed by atoms with E-state index >= 15 is 0 Å². The Balaban J connectivity index is 2.68. The zero-order valence-electron chi connectivity index (χ0n) is 4.94. The van der Waals surface area contributed by atoms with E-state index in [1.165, 1.54) is 0 Å². The molecular weight excluding hydrogens is 90.1 g/mol. The summed E-state index contributed by atoms with van der Waals surface area (Å²) in [5, 5.41) is 11.4. The Hall–Kier alpha value is -0.0800. The van der Waals surface area contributed by atoms with Crippen molar-refractivity contribution >= 4 is 0 Å². The molecule has 0 spiro atoms. The fourth-order valence-corrected chi connectivity index (χ4v) is 0.353. The smallest absolute Gasteiger partial charge is 0.102 e. The number of nitrogens with one attached hydrogen (secondary N) is 1. The van der Waals surface area contributed by atoms with Crippen LogP contribution in [0.4, 0.5) is 0 Å². The Morgan fingerprint density at radius 2 is 2.29 bits per heavy atom. The molecule has 0 bridgehead atoms. The van der Waals surface area contributed by atoms with E-state index in [1.807, 2.05) is 0 Å². The summed E-state index contributed by atoms with van der Waals surface area (Å²) in [6.07, 6.45) is 0.727. The van der Waals surface area contributed by atoms with Crippen LogP contribution in [-0.4, -0.2) is 17.9 Å². The van der Waals surface area contributed by atoms with Gasteiger partial charge in [0.25, 0.3) is 0 Å². The lowest BCUT2D eigenvalue weighted by Gasteiger charge is -2.02. The SMILES string of the molecule is CCCNC(C)O. The van der Waals surface area contributed by atoms with E-state index in [0.29, 0.717) is 0 Å². The molecule has 7 heavy (non-hydrogen) atoms. The summed E-state index contributed by atoms with van der Waals surface area (Å²) in [7, 11) is 0. The highest BCUT2D eigenvalue weighted by atomic mass is 16.3. The molecule has 0 heterocycles. The normalized spacial score (nSPS) is 14.1. The second kappa shape index (κ2) is 4.09. The highest BCUT2D eigenvalue weighted by Crippen LogP contribution is 1.72. The molecule has 1 unspecified atom stereocenters. The monoisotopic (exact) mass is 103 g/mol. The average molecular weight is 103 g/mol. The molecule has 2 nitrogen and oxygen atoms in total. The molecule has 2 N–H and O–H groups in total. The molecule has 2 heteroatoms. The van der Waals surface area contributed by atoms with Crippen molar-refractivity contribution < 1.29 is 5.11 Å². The molecule has 0 fully saturated rings. The van der Waals surface area contributed by atoms with Crippen LogP contribution in [0.2, 0.25) is 0 Å². The van der Waals surface area contributed by atoms with Crippen molar-refractivity contribution in [1.29, 1.82) is 0 Å². The van der Waals surface area contributed by atoms with Gasteiger partial charge >= 0.3 is 0 Å². The van der Waals surface area contributed by atoms with Crippen molar-refractivity contribution in [3.8, 4) is 0 Å². The minimum absolute atomic E-state index is 0.347. The molecule has 44 valence electrons. The van der Waals surface area contributed by atoms with Crippen LogP contribution in [0, 0.1) is 0 Å². The van der Waals surface area contributed by atoms with Gasteiger partial charge in [0.1, 0.15) is 6.23 Å². The molecule has 0 aromatic heterocycles. The van der Waals surface area contributed by atoms with Crippen LogP contribution in [0.25, 0.3) is 0 Å². The third-order valence-corrected chi connectivity index (χ3v) is 0.690. The molecule has 0 amide bonds. The first-order chi connectivity index (χ1) is 3.27. The maximum atomic E-state index is 8.57. The fourth-order valence-electron chi connectivity index (χ4n) is 0.353. The number of hydrogen-bond acceptors (Lipinski definition) is 2. The summed E-state index contributed by atoms with van der Waals surface area (Å²) >= 11 is 0. The Kier molecular flexibility index (Phi) is 4.04. The van der Waals surface area contributed by atoms with E-state index in [2.05, 4.69) is 12.2 Å². The number of hydrogen-bond donors (Lipinski definition) is 2. The maximum Gasteiger partial charge on any atom is 0.102 e. The Morgan fingerprint density at radius 3 is 2.43 bits per heavy atom. The van der Waals surface area contributed by atoms with Gasteiger partial charge in [0.2, 0.25) is 0 Å². The van der Waals surface area contributed by atoms with E-state index in [1.54, 1.807) is 6.92 Å². The first kappa shape index (κ1) is 6.92. The van der Waals surface area contributed by atoms with Gasteiger partial charge in [0, 0.05) is 0 Å². The van der Waals surface area contributed by atoms with Gasteiger partial charge in [-0.2, -0.15) is 0 Å². The second-order valence-corrected chi connectivity index (χ2v) is 1.63. The van der Waals surface area contributed by atoms with Crippen molar-refractivity contribution in [2.45, 2.75) is 26.5 Å². The highest BCUT2D eigenvalue weighted by Gasteiger charge is 1.86. The zero-order chi connectivity index (χ0) is 5.70. The minimum atomic E-state index is -0.347. The third kappa shape index (κ3) is 5.92. The number of aliphatic hydroxyl groups is 1. The summed E-state index contributed by atoms with van der Waals surface area (Å²) in [6, 6.07) is 0. The predicted octanol–water partition coefficient (Wildman–Crippen LogP) is 0.324. The van der Waals surface area contributed by atoms with E-state index in [0.717, 1.165) is 13.0 Å². The van der Waals surface area contributed by atoms with Crippen LogP contribution in [0.1, 0.15) is 20.3 Å². The van der Waals surface area contributed by atoms with Crippen LogP contribution in [0.15, 0.2) is 0 Å². The first-order valence-electron chi connectivity index (χ1n) is 2.68. The Morgan fingerprint density at radius 1 is 1.71 bits per heavy atom. The lowest BCUT2D eigenvalue weighted by atomic mass is 10.5. The molecule has 0 aromatic carbocycles. The van der Waals surface area contributed by atoms with E-state index in [-0.39, 0.29) is 6.23 Å². The number of aliphatic hydroxyl groups excluding tert-OH is 1. The van der Waals surface area contributed by atoms with Crippen LogP contribution >= 0.6 is 0 Å². The third-order valence-electron chi connectivity index (χ3n) is 0.690. The van der Waals surface area contributed by atoms with Gasteiger partial charge in [-0.25, -0.2) is 0 Å². The summed E-state index contributed by atoms with van der Waals surface area (Å²) in [5.74, 6) is 0. The van der Waals surface area contributed by atoms with E-state index in [9.17, 15) is 0 Å². The molecule has 0 radical (unpaired) electrons. The Bertz CT molecular complexity index is 37.1. The number of rotatable bonds is 3. The van der Waals surface area contributed by atoms with Crippen molar-refractivity contribution in [3.63, 3.8) is 0 Å². The maximum absolute atomic E-state index is 8.57. The van der Waals surface area contributed by atoms with Gasteiger partial charge < -0.3 is 5.11 Å². The van der Waals surface area contributed by atoms with Crippen LogP contribution in [0.3, 0.4) is 0 Å². The van der Waals surface area contributed by atoms with Crippen molar-refractivity contribution in [3.05, 3.63) is 0 Å². The average Bonchev–Trinajstić information content (AvgIpc) is 1.61. The molecule has 0 aliphatic carbocycles. The van der Waals surface area contributed by atoms with Gasteiger partial charge in [-0.1, -0.05) is 6.92 Å². The highest BCUT2D eigenvalue weighted by molar-refractivity contribution is 4.41. The summed E-state index contributed by atoms with van der Waals surface area (Å²) < 4.78 is 0. The van der Waals surface area contributed by atoms with Crippen LogP contribution in [-0.2, 0) is 0 Å². The fraction of sp³-hybridized carbons (Fsp3) is 1.00.